The van der Waals surface area contributed by atoms with E-state index in [2.05, 4.69) is 16.9 Å². The first-order chi connectivity index (χ1) is 9.54. The van der Waals surface area contributed by atoms with Crippen molar-refractivity contribution >= 4 is 11.7 Å². The standard InChI is InChI=1S/C16H24N4/c1-10-3-6-14(15(17)18)16(19-10)20(2)9-13-8-11-4-5-12(13)7-11/h3,6,11-13H,4-5,7-9H2,1-2H3,(H3,17,18). The highest BCUT2D eigenvalue weighted by molar-refractivity contribution is 5.99. The van der Waals surface area contributed by atoms with Crippen molar-refractivity contribution < 1.29 is 0 Å². The van der Waals surface area contributed by atoms with Gasteiger partial charge in [-0.15, -0.1) is 0 Å². The van der Waals surface area contributed by atoms with Crippen molar-refractivity contribution in [2.24, 2.45) is 23.5 Å². The van der Waals surface area contributed by atoms with Crippen LogP contribution in [0.5, 0.6) is 0 Å². The number of nitrogens with zero attached hydrogens (tertiary/aromatic N) is 2. The molecule has 3 atom stereocenters. The Morgan fingerprint density at radius 3 is 2.80 bits per heavy atom. The maximum Gasteiger partial charge on any atom is 0.139 e. The minimum absolute atomic E-state index is 0.104. The van der Waals surface area contributed by atoms with Gasteiger partial charge in [0.05, 0.1) is 5.56 Å². The number of aromatic nitrogens is 1. The molecule has 1 heterocycles. The van der Waals surface area contributed by atoms with Crippen molar-refractivity contribution in [2.75, 3.05) is 18.5 Å². The molecule has 2 aliphatic carbocycles. The Balaban J connectivity index is 1.78. The lowest BCUT2D eigenvalue weighted by molar-refractivity contribution is 0.337. The number of rotatable bonds is 4. The number of nitrogens with two attached hydrogens (primary N) is 1. The van der Waals surface area contributed by atoms with E-state index in [1.54, 1.807) is 0 Å². The van der Waals surface area contributed by atoms with Gasteiger partial charge in [-0.3, -0.25) is 5.41 Å². The Kier molecular flexibility index (Phi) is 3.40. The molecule has 1 aromatic rings. The lowest BCUT2D eigenvalue weighted by Crippen LogP contribution is -2.31. The number of hydrogen-bond acceptors (Lipinski definition) is 3. The van der Waals surface area contributed by atoms with E-state index >= 15 is 0 Å². The van der Waals surface area contributed by atoms with Crippen LogP contribution in [0.25, 0.3) is 0 Å². The predicted octanol–water partition coefficient (Wildman–Crippen LogP) is 2.55. The molecule has 0 aromatic carbocycles. The summed E-state index contributed by atoms with van der Waals surface area (Å²) < 4.78 is 0. The first-order valence-corrected chi connectivity index (χ1v) is 7.57. The Morgan fingerprint density at radius 2 is 2.20 bits per heavy atom. The molecule has 4 heteroatoms. The molecule has 2 saturated carbocycles. The summed E-state index contributed by atoms with van der Waals surface area (Å²) in [5, 5.41) is 7.72. The van der Waals surface area contributed by atoms with Crippen LogP contribution in [0.2, 0.25) is 0 Å². The summed E-state index contributed by atoms with van der Waals surface area (Å²) >= 11 is 0. The van der Waals surface area contributed by atoms with Crippen LogP contribution in [0.1, 0.15) is 36.9 Å². The topological polar surface area (TPSA) is 66.0 Å². The van der Waals surface area contributed by atoms with Gasteiger partial charge >= 0.3 is 0 Å². The van der Waals surface area contributed by atoms with Gasteiger partial charge in [-0.2, -0.15) is 0 Å². The number of nitrogens with one attached hydrogen (secondary N) is 1. The zero-order chi connectivity index (χ0) is 14.3. The van der Waals surface area contributed by atoms with Crippen LogP contribution >= 0.6 is 0 Å². The number of pyridine rings is 1. The highest BCUT2D eigenvalue weighted by atomic mass is 15.2. The molecule has 2 fully saturated rings. The third-order valence-corrected chi connectivity index (χ3v) is 5.06. The molecule has 3 rings (SSSR count). The zero-order valence-corrected chi connectivity index (χ0v) is 12.4. The summed E-state index contributed by atoms with van der Waals surface area (Å²) in [6.45, 7) is 3.02. The van der Waals surface area contributed by atoms with Gasteiger partial charge < -0.3 is 10.6 Å². The third-order valence-electron chi connectivity index (χ3n) is 5.06. The highest BCUT2D eigenvalue weighted by Gasteiger charge is 2.39. The van der Waals surface area contributed by atoms with Crippen LogP contribution in [0.3, 0.4) is 0 Å². The Hall–Kier alpha value is -1.58. The fourth-order valence-corrected chi connectivity index (χ4v) is 4.08. The number of amidine groups is 1. The third kappa shape index (κ3) is 2.39. The van der Waals surface area contributed by atoms with Gasteiger partial charge in [-0.25, -0.2) is 4.98 Å². The summed E-state index contributed by atoms with van der Waals surface area (Å²) in [6, 6.07) is 3.84. The number of aryl methyl sites for hydroxylation is 1. The molecular formula is C16H24N4. The van der Waals surface area contributed by atoms with Crippen LogP contribution in [0, 0.1) is 30.1 Å². The second kappa shape index (κ2) is 5.08. The van der Waals surface area contributed by atoms with E-state index < -0.39 is 0 Å². The van der Waals surface area contributed by atoms with Gasteiger partial charge in [-0.1, -0.05) is 6.42 Å². The lowest BCUT2D eigenvalue weighted by Gasteiger charge is -2.29. The number of hydrogen-bond donors (Lipinski definition) is 2. The van der Waals surface area contributed by atoms with Crippen LogP contribution in [-0.4, -0.2) is 24.4 Å². The van der Waals surface area contributed by atoms with E-state index in [1.165, 1.54) is 25.7 Å². The number of nitrogen functional groups attached to an aromatic ring is 1. The summed E-state index contributed by atoms with van der Waals surface area (Å²) in [7, 11) is 2.08. The average molecular weight is 272 g/mol. The maximum absolute atomic E-state index is 7.72. The van der Waals surface area contributed by atoms with Gasteiger partial charge in [0.25, 0.3) is 0 Å². The molecule has 0 radical (unpaired) electrons. The van der Waals surface area contributed by atoms with Crippen molar-refractivity contribution in [3.8, 4) is 0 Å². The molecule has 3 unspecified atom stereocenters. The molecule has 2 bridgehead atoms. The summed E-state index contributed by atoms with van der Waals surface area (Å²) in [5.41, 5.74) is 7.42. The Morgan fingerprint density at radius 1 is 1.40 bits per heavy atom. The van der Waals surface area contributed by atoms with Crippen molar-refractivity contribution in [1.82, 2.24) is 4.98 Å². The van der Waals surface area contributed by atoms with Crippen LogP contribution in [0.15, 0.2) is 12.1 Å². The number of anilines is 1. The summed E-state index contributed by atoms with van der Waals surface area (Å²) in [6.07, 6.45) is 5.64. The predicted molar refractivity (Wildman–Crippen MR) is 82.2 cm³/mol. The molecule has 0 aliphatic heterocycles. The lowest BCUT2D eigenvalue weighted by atomic mass is 9.88. The van der Waals surface area contributed by atoms with Crippen LogP contribution < -0.4 is 10.6 Å². The first-order valence-electron chi connectivity index (χ1n) is 7.57. The van der Waals surface area contributed by atoms with E-state index in [0.717, 1.165) is 41.4 Å². The molecule has 0 saturated heterocycles. The smallest absolute Gasteiger partial charge is 0.139 e. The maximum atomic E-state index is 7.72. The highest BCUT2D eigenvalue weighted by Crippen LogP contribution is 2.48. The van der Waals surface area contributed by atoms with Gasteiger partial charge in [-0.05, 0) is 56.1 Å². The zero-order valence-electron chi connectivity index (χ0n) is 12.4. The molecule has 4 nitrogen and oxygen atoms in total. The molecule has 1 aromatic heterocycles. The summed E-state index contributed by atoms with van der Waals surface area (Å²) in [5.74, 6) is 3.64. The second-order valence-electron chi connectivity index (χ2n) is 6.55. The SMILES string of the molecule is Cc1ccc(C(=N)N)c(N(C)CC2CC3CCC2C3)n1. The Bertz CT molecular complexity index is 525. The minimum Gasteiger partial charge on any atom is -0.384 e. The monoisotopic (exact) mass is 272 g/mol. The second-order valence-corrected chi connectivity index (χ2v) is 6.55. The molecule has 3 N–H and O–H groups in total. The average Bonchev–Trinajstić information content (AvgIpc) is 3.00. The van der Waals surface area contributed by atoms with Crippen LogP contribution in [0.4, 0.5) is 5.82 Å². The molecule has 0 spiro atoms. The number of fused-ring (bicyclic) bond motifs is 2. The van der Waals surface area contributed by atoms with Gasteiger partial charge in [0.2, 0.25) is 0 Å². The molecule has 2 aliphatic rings. The van der Waals surface area contributed by atoms with E-state index in [-0.39, 0.29) is 5.84 Å². The van der Waals surface area contributed by atoms with Crippen molar-refractivity contribution in [1.29, 1.82) is 5.41 Å². The fraction of sp³-hybridized carbons (Fsp3) is 0.625. The van der Waals surface area contributed by atoms with Gasteiger partial charge in [0.1, 0.15) is 11.7 Å². The molecule has 20 heavy (non-hydrogen) atoms. The largest absolute Gasteiger partial charge is 0.384 e. The minimum atomic E-state index is 0.104. The van der Waals surface area contributed by atoms with Crippen LogP contribution in [-0.2, 0) is 0 Å². The molecule has 108 valence electrons. The quantitative estimate of drug-likeness (QED) is 0.654. The van der Waals surface area contributed by atoms with E-state index in [4.69, 9.17) is 11.1 Å². The first kappa shape index (κ1) is 13.4. The Labute approximate surface area is 120 Å². The van der Waals surface area contributed by atoms with Crippen molar-refractivity contribution in [2.45, 2.75) is 32.6 Å². The normalized spacial score (nSPS) is 27.8. The molecular weight excluding hydrogens is 248 g/mol. The van der Waals surface area contributed by atoms with Crippen molar-refractivity contribution in [3.63, 3.8) is 0 Å². The van der Waals surface area contributed by atoms with E-state index in [1.807, 2.05) is 19.1 Å². The van der Waals surface area contributed by atoms with E-state index in [0.29, 0.717) is 0 Å². The fourth-order valence-electron chi connectivity index (χ4n) is 4.08. The van der Waals surface area contributed by atoms with E-state index in [9.17, 15) is 0 Å². The van der Waals surface area contributed by atoms with Gasteiger partial charge in [0, 0.05) is 19.3 Å². The van der Waals surface area contributed by atoms with Gasteiger partial charge in [0.15, 0.2) is 0 Å². The molecule has 0 amide bonds. The summed E-state index contributed by atoms with van der Waals surface area (Å²) in [4.78, 5) is 6.81. The van der Waals surface area contributed by atoms with Crippen molar-refractivity contribution in [3.05, 3.63) is 23.4 Å².